The maximum atomic E-state index is 12.2. The minimum atomic E-state index is -0.513. The summed E-state index contributed by atoms with van der Waals surface area (Å²) in [5.41, 5.74) is 3.13. The number of hydrogen-bond donors (Lipinski definition) is 0. The number of aryl methyl sites for hydroxylation is 1. The number of aromatic nitrogens is 1. The molecule has 0 atom stereocenters. The van der Waals surface area contributed by atoms with Crippen LogP contribution in [0.3, 0.4) is 0 Å². The zero-order valence-corrected chi connectivity index (χ0v) is 16.0. The Morgan fingerprint density at radius 1 is 1.30 bits per heavy atom. The lowest BCUT2D eigenvalue weighted by Crippen LogP contribution is -2.39. The summed E-state index contributed by atoms with van der Waals surface area (Å²) < 4.78 is 5.41. The molecule has 0 N–H and O–H groups in total. The fourth-order valence-corrected chi connectivity index (χ4v) is 3.05. The maximum Gasteiger partial charge on any atom is 0.410 e. The normalized spacial score (nSPS) is 14.8. The molecule has 0 bridgehead atoms. The Bertz CT molecular complexity index is 944. The number of rotatable bonds is 2. The zero-order valence-electron chi connectivity index (χ0n) is 16.0. The third-order valence-electron chi connectivity index (χ3n) is 4.40. The van der Waals surface area contributed by atoms with Crippen molar-refractivity contribution in [1.82, 2.24) is 9.88 Å². The second kappa shape index (κ2) is 6.98. The van der Waals surface area contributed by atoms with Crippen LogP contribution < -0.4 is 0 Å². The minimum Gasteiger partial charge on any atom is -0.444 e. The Hall–Kier alpha value is -2.96. The van der Waals surface area contributed by atoms with Gasteiger partial charge < -0.3 is 9.64 Å². The molecule has 2 heterocycles. The molecule has 1 aromatic heterocycles. The molecule has 0 unspecified atom stereocenters. The van der Waals surface area contributed by atoms with Crippen molar-refractivity contribution in [3.8, 4) is 0 Å². The lowest BCUT2D eigenvalue weighted by molar-refractivity contribution is -0.384. The monoisotopic (exact) mass is 369 g/mol. The van der Waals surface area contributed by atoms with E-state index < -0.39 is 10.5 Å². The Balaban J connectivity index is 1.83. The first kappa shape index (κ1) is 18.8. The van der Waals surface area contributed by atoms with E-state index in [1.54, 1.807) is 17.0 Å². The van der Waals surface area contributed by atoms with Crippen LogP contribution in [0.15, 0.2) is 30.3 Å². The smallest absolute Gasteiger partial charge is 0.410 e. The molecule has 0 aliphatic carbocycles. The molecule has 27 heavy (non-hydrogen) atoms. The van der Waals surface area contributed by atoms with Crippen LogP contribution in [0.2, 0.25) is 0 Å². The summed E-state index contributed by atoms with van der Waals surface area (Å²) in [7, 11) is 0. The van der Waals surface area contributed by atoms with E-state index in [0.717, 1.165) is 27.7 Å². The number of carbonyl (C=O) groups is 1. The molecule has 0 fully saturated rings. The number of nitro benzene ring substituents is 1. The number of nitro groups is 1. The maximum absolute atomic E-state index is 12.2. The lowest BCUT2D eigenvalue weighted by atomic mass is 10.0. The van der Waals surface area contributed by atoms with E-state index in [4.69, 9.17) is 4.74 Å². The molecule has 7 nitrogen and oxygen atoms in total. The van der Waals surface area contributed by atoms with Gasteiger partial charge in [-0.25, -0.2) is 9.78 Å². The van der Waals surface area contributed by atoms with Crippen LogP contribution >= 0.6 is 0 Å². The van der Waals surface area contributed by atoms with Gasteiger partial charge in [-0.3, -0.25) is 10.1 Å². The molecule has 0 radical (unpaired) electrons. The highest BCUT2D eigenvalue weighted by atomic mass is 16.6. The van der Waals surface area contributed by atoms with E-state index in [1.165, 1.54) is 6.07 Å². The van der Waals surface area contributed by atoms with Crippen LogP contribution in [0, 0.1) is 17.0 Å². The van der Waals surface area contributed by atoms with E-state index in [1.807, 2.05) is 39.8 Å². The largest absolute Gasteiger partial charge is 0.444 e. The fraction of sp³-hybridized carbons (Fsp3) is 0.400. The van der Waals surface area contributed by atoms with Gasteiger partial charge in [0.1, 0.15) is 5.60 Å². The average Bonchev–Trinajstić information content (AvgIpc) is 2.60. The third kappa shape index (κ3) is 4.24. The lowest BCUT2D eigenvalue weighted by Gasteiger charge is -2.29. The van der Waals surface area contributed by atoms with Gasteiger partial charge in [-0.05, 0) is 57.4 Å². The van der Waals surface area contributed by atoms with Crippen molar-refractivity contribution < 1.29 is 14.5 Å². The molecule has 0 saturated carbocycles. The quantitative estimate of drug-likeness (QED) is 0.576. The molecule has 1 aliphatic heterocycles. The number of hydrogen-bond acceptors (Lipinski definition) is 5. The Labute approximate surface area is 157 Å². The van der Waals surface area contributed by atoms with Crippen molar-refractivity contribution >= 4 is 28.3 Å². The minimum absolute atomic E-state index is 0.0602. The Morgan fingerprint density at radius 2 is 2.04 bits per heavy atom. The number of non-ortho nitro benzene ring substituents is 1. The first-order valence-electron chi connectivity index (χ1n) is 8.87. The summed E-state index contributed by atoms with van der Waals surface area (Å²) in [6.07, 6.45) is 2.36. The number of nitrogens with zero attached hydrogens (tertiary/aromatic N) is 3. The zero-order chi connectivity index (χ0) is 19.8. The standard InChI is InChI=1S/C20H23N3O4/c1-13-11-18(21-17-6-5-15(23(25)26)12-16(13)17)14-7-9-22(10-8-14)19(24)27-20(2,3)4/h5-7,11-12H,8-10H2,1-4H3. The number of fused-ring (bicyclic) bond motifs is 1. The molecule has 1 aromatic carbocycles. The van der Waals surface area contributed by atoms with E-state index >= 15 is 0 Å². The van der Waals surface area contributed by atoms with Gasteiger partial charge in [0.05, 0.1) is 16.1 Å². The molecular formula is C20H23N3O4. The van der Waals surface area contributed by atoms with E-state index in [-0.39, 0.29) is 11.8 Å². The molecule has 2 aromatic rings. The molecule has 0 saturated heterocycles. The average molecular weight is 369 g/mol. The Morgan fingerprint density at radius 3 is 2.63 bits per heavy atom. The number of ether oxygens (including phenoxy) is 1. The van der Waals surface area contributed by atoms with Gasteiger partial charge in [0.15, 0.2) is 0 Å². The second-order valence-corrected chi connectivity index (χ2v) is 7.69. The van der Waals surface area contributed by atoms with Crippen molar-refractivity contribution in [3.63, 3.8) is 0 Å². The third-order valence-corrected chi connectivity index (χ3v) is 4.40. The van der Waals surface area contributed by atoms with Gasteiger partial charge in [-0.2, -0.15) is 0 Å². The molecular weight excluding hydrogens is 346 g/mol. The van der Waals surface area contributed by atoms with E-state index in [9.17, 15) is 14.9 Å². The summed E-state index contributed by atoms with van der Waals surface area (Å²) in [6, 6.07) is 6.65. The van der Waals surface area contributed by atoms with Gasteiger partial charge in [0.25, 0.3) is 5.69 Å². The van der Waals surface area contributed by atoms with Crippen molar-refractivity contribution in [2.24, 2.45) is 0 Å². The van der Waals surface area contributed by atoms with Crippen molar-refractivity contribution in [1.29, 1.82) is 0 Å². The van der Waals surface area contributed by atoms with Crippen LogP contribution in [0.25, 0.3) is 16.5 Å². The van der Waals surface area contributed by atoms with Crippen LogP contribution in [-0.4, -0.2) is 39.6 Å². The highest BCUT2D eigenvalue weighted by Crippen LogP contribution is 2.28. The van der Waals surface area contributed by atoms with Crippen LogP contribution in [0.1, 0.15) is 38.4 Å². The molecule has 1 aliphatic rings. The number of carbonyl (C=O) groups excluding carboxylic acids is 1. The van der Waals surface area contributed by atoms with Crippen LogP contribution in [0.5, 0.6) is 0 Å². The number of pyridine rings is 1. The van der Waals surface area contributed by atoms with Crippen molar-refractivity contribution in [2.75, 3.05) is 13.1 Å². The first-order valence-corrected chi connectivity index (χ1v) is 8.87. The predicted molar refractivity (Wildman–Crippen MR) is 104 cm³/mol. The summed E-state index contributed by atoms with van der Waals surface area (Å²) in [4.78, 5) is 29.1. The fourth-order valence-electron chi connectivity index (χ4n) is 3.05. The van der Waals surface area contributed by atoms with Gasteiger partial charge >= 0.3 is 6.09 Å². The SMILES string of the molecule is Cc1cc(C2=CCN(C(=O)OC(C)(C)C)CC2)nc2ccc([N+](=O)[O-])cc12. The van der Waals surface area contributed by atoms with Gasteiger partial charge in [-0.15, -0.1) is 0 Å². The second-order valence-electron chi connectivity index (χ2n) is 7.69. The van der Waals surface area contributed by atoms with Gasteiger partial charge in [0.2, 0.25) is 0 Å². The first-order chi connectivity index (χ1) is 12.6. The highest BCUT2D eigenvalue weighted by Gasteiger charge is 2.24. The van der Waals surface area contributed by atoms with Crippen molar-refractivity contribution in [3.05, 3.63) is 51.7 Å². The molecule has 142 valence electrons. The summed E-state index contributed by atoms with van der Waals surface area (Å²) in [5, 5.41) is 11.8. The van der Waals surface area contributed by atoms with Crippen molar-refractivity contribution in [2.45, 2.75) is 39.7 Å². The molecule has 3 rings (SSSR count). The molecule has 0 spiro atoms. The number of benzene rings is 1. The van der Waals surface area contributed by atoms with E-state index in [2.05, 4.69) is 4.98 Å². The Kier molecular flexibility index (Phi) is 4.87. The number of amides is 1. The van der Waals surface area contributed by atoms with Gasteiger partial charge in [0, 0.05) is 30.6 Å². The molecule has 1 amide bonds. The summed E-state index contributed by atoms with van der Waals surface area (Å²) in [5.74, 6) is 0. The highest BCUT2D eigenvalue weighted by molar-refractivity contribution is 5.86. The summed E-state index contributed by atoms with van der Waals surface area (Å²) >= 11 is 0. The topological polar surface area (TPSA) is 85.6 Å². The van der Waals surface area contributed by atoms with E-state index in [0.29, 0.717) is 19.5 Å². The molecule has 7 heteroatoms. The van der Waals surface area contributed by atoms with Crippen LogP contribution in [-0.2, 0) is 4.74 Å². The van der Waals surface area contributed by atoms with Crippen LogP contribution in [0.4, 0.5) is 10.5 Å². The summed E-state index contributed by atoms with van der Waals surface area (Å²) in [6.45, 7) is 8.52. The van der Waals surface area contributed by atoms with Gasteiger partial charge in [-0.1, -0.05) is 6.08 Å². The predicted octanol–water partition coefficient (Wildman–Crippen LogP) is 4.48.